The fourth-order valence-corrected chi connectivity index (χ4v) is 2.49. The molecular formula is C19H17ClN6O. The zero-order valence-electron chi connectivity index (χ0n) is 14.6. The van der Waals surface area contributed by atoms with E-state index < -0.39 is 0 Å². The fraction of sp³-hybridized carbons (Fsp3) is 0.0526. The van der Waals surface area contributed by atoms with E-state index in [4.69, 9.17) is 11.6 Å². The Morgan fingerprint density at radius 2 is 1.93 bits per heavy atom. The van der Waals surface area contributed by atoms with Crippen molar-refractivity contribution in [2.24, 2.45) is 0 Å². The van der Waals surface area contributed by atoms with Gasteiger partial charge in [-0.2, -0.15) is 4.98 Å². The van der Waals surface area contributed by atoms with Crippen molar-refractivity contribution >= 4 is 46.5 Å². The number of benzene rings is 2. The Morgan fingerprint density at radius 3 is 2.70 bits per heavy atom. The Labute approximate surface area is 161 Å². The van der Waals surface area contributed by atoms with Crippen molar-refractivity contribution in [1.82, 2.24) is 15.0 Å². The molecule has 0 unspecified atom stereocenters. The van der Waals surface area contributed by atoms with Gasteiger partial charge in [-0.25, -0.2) is 9.97 Å². The average Bonchev–Trinajstić information content (AvgIpc) is 2.68. The van der Waals surface area contributed by atoms with Gasteiger partial charge in [-0.05, 0) is 42.5 Å². The summed E-state index contributed by atoms with van der Waals surface area (Å²) in [5.74, 6) is 0.560. The Hall–Kier alpha value is -3.45. The van der Waals surface area contributed by atoms with Crippen molar-refractivity contribution in [3.8, 4) is 0 Å². The van der Waals surface area contributed by atoms with Crippen molar-refractivity contribution in [3.63, 3.8) is 0 Å². The summed E-state index contributed by atoms with van der Waals surface area (Å²) in [4.78, 5) is 26.0. The summed E-state index contributed by atoms with van der Waals surface area (Å²) in [6.45, 7) is 3.44. The number of hydrogen-bond acceptors (Lipinski definition) is 6. The molecule has 1 aromatic heterocycles. The minimum atomic E-state index is -0.280. The molecule has 2 aromatic carbocycles. The average molecular weight is 381 g/mol. The number of nitrogens with zero attached hydrogens (tertiary/aromatic N) is 4. The van der Waals surface area contributed by atoms with Gasteiger partial charge in [0.15, 0.2) is 0 Å². The molecule has 0 aliphatic heterocycles. The number of carbonyl (C=O) groups excluding carboxylic acids is 1. The predicted octanol–water partition coefficient (Wildman–Crippen LogP) is 4.16. The van der Waals surface area contributed by atoms with Crippen LogP contribution >= 0.6 is 11.6 Å². The van der Waals surface area contributed by atoms with Crippen molar-refractivity contribution in [2.75, 3.05) is 22.6 Å². The quantitative estimate of drug-likeness (QED) is 0.625. The summed E-state index contributed by atoms with van der Waals surface area (Å²) in [6.07, 6.45) is 2.64. The monoisotopic (exact) mass is 380 g/mol. The molecule has 1 amide bonds. The van der Waals surface area contributed by atoms with Crippen LogP contribution in [0.5, 0.6) is 0 Å². The molecule has 7 nitrogen and oxygen atoms in total. The van der Waals surface area contributed by atoms with Crippen LogP contribution in [-0.4, -0.2) is 27.9 Å². The minimum absolute atomic E-state index is 0.280. The molecule has 3 rings (SSSR count). The van der Waals surface area contributed by atoms with Crippen molar-refractivity contribution in [3.05, 3.63) is 72.5 Å². The van der Waals surface area contributed by atoms with Gasteiger partial charge in [0.25, 0.3) is 0 Å². The van der Waals surface area contributed by atoms with Crippen LogP contribution in [0.2, 0.25) is 5.02 Å². The SMILES string of the molecule is C=CC(=O)Nc1cccc(Nc2ncnc(N(C)c3cccc(Cl)c3)n2)c1. The second-order valence-electron chi connectivity index (χ2n) is 5.55. The lowest BCUT2D eigenvalue weighted by molar-refractivity contribution is -0.111. The third-order valence-corrected chi connectivity index (χ3v) is 3.86. The van der Waals surface area contributed by atoms with Crippen LogP contribution in [-0.2, 0) is 4.79 Å². The number of amides is 1. The van der Waals surface area contributed by atoms with Crippen molar-refractivity contribution in [2.45, 2.75) is 0 Å². The van der Waals surface area contributed by atoms with Gasteiger partial charge >= 0.3 is 0 Å². The van der Waals surface area contributed by atoms with E-state index in [-0.39, 0.29) is 5.91 Å². The van der Waals surface area contributed by atoms with E-state index in [1.165, 1.54) is 12.4 Å². The molecule has 1 heterocycles. The third kappa shape index (κ3) is 4.80. The first kappa shape index (κ1) is 18.3. The first-order valence-corrected chi connectivity index (χ1v) is 8.42. The Bertz CT molecular complexity index is 978. The van der Waals surface area contributed by atoms with Gasteiger partial charge in [-0.15, -0.1) is 0 Å². The van der Waals surface area contributed by atoms with Crippen LogP contribution in [0.25, 0.3) is 0 Å². The summed E-state index contributed by atoms with van der Waals surface area (Å²) in [5, 5.41) is 6.43. The van der Waals surface area contributed by atoms with E-state index in [2.05, 4.69) is 32.2 Å². The summed E-state index contributed by atoms with van der Waals surface area (Å²) in [5.41, 5.74) is 2.21. The molecule has 2 N–H and O–H groups in total. The van der Waals surface area contributed by atoms with Gasteiger partial charge in [0.1, 0.15) is 6.33 Å². The number of aromatic nitrogens is 3. The Kier molecular flexibility index (Phi) is 5.63. The number of rotatable bonds is 6. The summed E-state index contributed by atoms with van der Waals surface area (Å²) in [7, 11) is 1.84. The summed E-state index contributed by atoms with van der Waals surface area (Å²) in [6, 6.07) is 14.6. The van der Waals surface area contributed by atoms with Gasteiger partial charge in [0, 0.05) is 29.1 Å². The van der Waals surface area contributed by atoms with Crippen LogP contribution in [0.15, 0.2) is 67.5 Å². The molecule has 8 heteroatoms. The van der Waals surface area contributed by atoms with Crippen LogP contribution in [0.4, 0.5) is 29.0 Å². The number of hydrogen-bond donors (Lipinski definition) is 2. The van der Waals surface area contributed by atoms with Crippen molar-refractivity contribution < 1.29 is 4.79 Å². The molecule has 27 heavy (non-hydrogen) atoms. The van der Waals surface area contributed by atoms with Crippen molar-refractivity contribution in [1.29, 1.82) is 0 Å². The van der Waals surface area contributed by atoms with E-state index in [0.717, 1.165) is 11.4 Å². The van der Waals surface area contributed by atoms with Gasteiger partial charge in [-0.3, -0.25) is 4.79 Å². The van der Waals surface area contributed by atoms with E-state index >= 15 is 0 Å². The zero-order valence-corrected chi connectivity index (χ0v) is 15.3. The predicted molar refractivity (Wildman–Crippen MR) is 108 cm³/mol. The minimum Gasteiger partial charge on any atom is -0.324 e. The second kappa shape index (κ2) is 8.29. The smallest absolute Gasteiger partial charge is 0.247 e. The molecule has 0 aliphatic rings. The van der Waals surface area contributed by atoms with E-state index in [9.17, 15) is 4.79 Å². The Balaban J connectivity index is 1.79. The number of carbonyl (C=O) groups is 1. The second-order valence-corrected chi connectivity index (χ2v) is 5.98. The third-order valence-electron chi connectivity index (χ3n) is 3.63. The highest BCUT2D eigenvalue weighted by atomic mass is 35.5. The lowest BCUT2D eigenvalue weighted by Crippen LogP contribution is -2.14. The van der Waals surface area contributed by atoms with Gasteiger partial charge < -0.3 is 15.5 Å². The number of anilines is 5. The Morgan fingerprint density at radius 1 is 1.15 bits per heavy atom. The maximum atomic E-state index is 11.4. The van der Waals surface area contributed by atoms with Crippen LogP contribution in [0.1, 0.15) is 0 Å². The molecule has 0 fully saturated rings. The van der Waals surface area contributed by atoms with Crippen LogP contribution in [0.3, 0.4) is 0 Å². The maximum Gasteiger partial charge on any atom is 0.247 e. The first-order chi connectivity index (χ1) is 13.0. The summed E-state index contributed by atoms with van der Waals surface area (Å²) >= 11 is 6.05. The largest absolute Gasteiger partial charge is 0.324 e. The van der Waals surface area contributed by atoms with Gasteiger partial charge in [0.2, 0.25) is 17.8 Å². The molecular weight excluding hydrogens is 364 g/mol. The van der Waals surface area contributed by atoms with Crippen LogP contribution < -0.4 is 15.5 Å². The van der Waals surface area contributed by atoms with E-state index in [0.29, 0.717) is 22.6 Å². The molecule has 0 radical (unpaired) electrons. The van der Waals surface area contributed by atoms with E-state index in [1.807, 2.05) is 31.3 Å². The highest BCUT2D eigenvalue weighted by Crippen LogP contribution is 2.24. The zero-order chi connectivity index (χ0) is 19.2. The molecule has 0 bridgehead atoms. The summed E-state index contributed by atoms with van der Waals surface area (Å²) < 4.78 is 0. The van der Waals surface area contributed by atoms with Crippen LogP contribution in [0, 0.1) is 0 Å². The lowest BCUT2D eigenvalue weighted by atomic mass is 10.2. The fourth-order valence-electron chi connectivity index (χ4n) is 2.31. The highest BCUT2D eigenvalue weighted by Gasteiger charge is 2.09. The number of nitrogens with one attached hydrogen (secondary N) is 2. The molecule has 136 valence electrons. The molecule has 0 aliphatic carbocycles. The molecule has 0 saturated heterocycles. The van der Waals surface area contributed by atoms with Gasteiger partial charge in [-0.1, -0.05) is 30.3 Å². The topological polar surface area (TPSA) is 83.0 Å². The van der Waals surface area contributed by atoms with E-state index in [1.54, 1.807) is 29.2 Å². The lowest BCUT2D eigenvalue weighted by Gasteiger charge is -2.17. The molecule has 0 saturated carbocycles. The highest BCUT2D eigenvalue weighted by molar-refractivity contribution is 6.30. The maximum absolute atomic E-state index is 11.4. The standard InChI is InChI=1S/C19H17ClN6O/c1-3-17(27)23-14-7-5-8-15(11-14)24-18-21-12-22-19(25-18)26(2)16-9-4-6-13(20)10-16/h3-12H,1H2,2H3,(H,23,27)(H,21,22,24,25). The van der Waals surface area contributed by atoms with Gasteiger partial charge in [0.05, 0.1) is 0 Å². The molecule has 0 spiro atoms. The molecule has 3 aromatic rings. The normalized spacial score (nSPS) is 10.1. The number of halogens is 1. The first-order valence-electron chi connectivity index (χ1n) is 8.04. The molecule has 0 atom stereocenters.